The molecule has 0 fully saturated rings. The number of carbonyl (C=O) groups excluding carboxylic acids is 8. The zero-order valence-corrected chi connectivity index (χ0v) is 91.3. The van der Waals surface area contributed by atoms with Crippen molar-refractivity contribution in [3.05, 3.63) is 157 Å². The van der Waals surface area contributed by atoms with Crippen LogP contribution < -0.4 is 0 Å². The van der Waals surface area contributed by atoms with Gasteiger partial charge in [0.05, 0.1) is 160 Å². The monoisotopic (exact) mass is 1890 g/mol. The second kappa shape index (κ2) is 85.2. The van der Waals surface area contributed by atoms with Crippen molar-refractivity contribution in [1.29, 1.82) is 0 Å². The number of unbranched alkanes of at least 4 members (excludes halogenated alkanes) is 2. The van der Waals surface area contributed by atoms with Gasteiger partial charge in [0.1, 0.15) is 105 Å². The predicted molar refractivity (Wildman–Crippen MR) is 560 cm³/mol. The summed E-state index contributed by atoms with van der Waals surface area (Å²) >= 11 is 0. The van der Waals surface area contributed by atoms with E-state index >= 15 is 0 Å². The van der Waals surface area contributed by atoms with E-state index in [1.54, 1.807) is 57.2 Å². The molecular formula is C110H204N8O16+8. The highest BCUT2D eigenvalue weighted by Gasteiger charge is 2.29. The van der Waals surface area contributed by atoms with Crippen molar-refractivity contribution in [2.45, 2.75) is 230 Å². The van der Waals surface area contributed by atoms with Gasteiger partial charge in [0.2, 0.25) is 0 Å². The molecule has 0 saturated heterocycles. The van der Waals surface area contributed by atoms with Crippen LogP contribution in [0.25, 0.3) is 12.2 Å². The van der Waals surface area contributed by atoms with E-state index in [2.05, 4.69) is 180 Å². The molecule has 0 aliphatic rings. The largest absolute Gasteiger partial charge is 0.457 e. The minimum atomic E-state index is -0.290. The third-order valence-corrected chi connectivity index (χ3v) is 24.0. The summed E-state index contributed by atoms with van der Waals surface area (Å²) in [5, 5.41) is 0. The minimum Gasteiger partial charge on any atom is -0.457 e. The van der Waals surface area contributed by atoms with E-state index in [1.807, 2.05) is 81.4 Å². The lowest BCUT2D eigenvalue weighted by molar-refractivity contribution is -0.927. The van der Waals surface area contributed by atoms with Gasteiger partial charge >= 0.3 is 47.8 Å². The summed E-state index contributed by atoms with van der Waals surface area (Å²) in [6.45, 7) is 89.0. The van der Waals surface area contributed by atoms with Crippen molar-refractivity contribution >= 4 is 59.9 Å². The van der Waals surface area contributed by atoms with E-state index in [0.29, 0.717) is 64.0 Å². The predicted octanol–water partition coefficient (Wildman–Crippen LogP) is 19.7. The smallest absolute Gasteiger partial charge is 0.333 e. The third kappa shape index (κ3) is 75.0. The number of hydrogen-bond acceptors (Lipinski definition) is 16. The van der Waals surface area contributed by atoms with Crippen LogP contribution in [0, 0.1) is 0 Å². The second-order valence-corrected chi connectivity index (χ2v) is 36.4. The van der Waals surface area contributed by atoms with Crippen LogP contribution in [0.2, 0.25) is 0 Å². The first-order chi connectivity index (χ1) is 63.5. The molecule has 0 aliphatic heterocycles. The summed E-state index contributed by atoms with van der Waals surface area (Å²) in [6, 6.07) is 19.4. The highest BCUT2D eigenvalue weighted by atomic mass is 16.6. The zero-order chi connectivity index (χ0) is 103. The van der Waals surface area contributed by atoms with Gasteiger partial charge in [-0.2, -0.15) is 0 Å². The Morgan fingerprint density at radius 1 is 0.246 bits per heavy atom. The van der Waals surface area contributed by atoms with E-state index in [-0.39, 0.29) is 47.8 Å². The van der Waals surface area contributed by atoms with Crippen molar-refractivity contribution < 1.29 is 112 Å². The fourth-order valence-electron chi connectivity index (χ4n) is 14.8. The molecule has 0 aliphatic carbocycles. The summed E-state index contributed by atoms with van der Waals surface area (Å²) in [6.07, 6.45) is 31.1. The van der Waals surface area contributed by atoms with Crippen molar-refractivity contribution in [2.24, 2.45) is 0 Å². The van der Waals surface area contributed by atoms with Gasteiger partial charge in [-0.1, -0.05) is 166 Å². The standard InChI is InChI=1S/C17H26NO2.2C15H30NO2.C14H20NO2.2C14H28NO2.C12H24NO2.C9H18NO2/c1-4-18(5-2,6-3)14-15-20-17(19)13-12-16-10-8-7-9-11-16;1-6-9-11-16(8-3,10-7-2)12-13-18-15(17)14(4)5;1-5-9-12-16(8-4,11-7-3)13-14-18-15(17)10-6-2;1-15(2,3)11-12-17-14(16)10-9-13-7-5-4-6-8-13;1-6-9-15(8-3,10-7-2)11-12-17-14(16)13(4)5;1-5-9-14(16)17-13-12-15(8-4,10-6-2)11-7-3;1-5-9-12(14)15-11-10-13(6-2,7-3)8-4;1-5-6-9(11)12-8-7-10(2,3)4/h7-13H,4-6,14-15H2,1-3H3;4,6-13H2,1-3,5H3;6,10H,5,7-9,11-14H2,1-4H3;4-10H,11-12H2,1-3H3;4,6-12H2,1-3,5H3;5,9H,6-8,10-13H2,1-4H3;5,9H,6-8,10-11H2,1-4H3;5-6H,7-8H2,1-4H3/q8*+1/b13-12+;;10-6+;10-9+;;2*9-5+;6-5+. The molecule has 0 aromatic heterocycles. The number of esters is 8. The normalized spacial score (nSPS) is 12.5. The number of rotatable bonds is 62. The van der Waals surface area contributed by atoms with Gasteiger partial charge in [-0.25, -0.2) is 38.4 Å². The molecule has 0 heterocycles. The first kappa shape index (κ1) is 137. The van der Waals surface area contributed by atoms with Crippen LogP contribution in [-0.2, 0) is 76.3 Å². The number of nitrogens with zero attached hydrogens (tertiary/aromatic N) is 8. The quantitative estimate of drug-likeness (QED) is 0.0261. The highest BCUT2D eigenvalue weighted by molar-refractivity contribution is 5.88. The fraction of sp³-hybridized carbons (Fsp3) is 0.673. The van der Waals surface area contributed by atoms with Crippen molar-refractivity contribution in [3.8, 4) is 0 Å². The Balaban J connectivity index is -0.000000350. The molecule has 24 nitrogen and oxygen atoms in total. The van der Waals surface area contributed by atoms with Crippen molar-refractivity contribution in [1.82, 2.24) is 0 Å². The van der Waals surface area contributed by atoms with Gasteiger partial charge in [0.25, 0.3) is 0 Å². The van der Waals surface area contributed by atoms with E-state index in [4.69, 9.17) is 37.9 Å². The number of hydrogen-bond donors (Lipinski definition) is 0. The number of ether oxygens (including phenoxy) is 8. The summed E-state index contributed by atoms with van der Waals surface area (Å²) in [5.41, 5.74) is 2.96. The summed E-state index contributed by atoms with van der Waals surface area (Å²) in [5.74, 6) is -2.04. The average Bonchev–Trinajstić information content (AvgIpc) is 0.900. The van der Waals surface area contributed by atoms with Crippen molar-refractivity contribution in [2.75, 3.05) is 265 Å². The molecule has 0 saturated carbocycles. The van der Waals surface area contributed by atoms with Gasteiger partial charge in [-0.3, -0.25) is 0 Å². The van der Waals surface area contributed by atoms with Gasteiger partial charge in [-0.05, 0) is 185 Å². The molecule has 0 bridgehead atoms. The summed E-state index contributed by atoms with van der Waals surface area (Å²) in [7, 11) is 12.4. The van der Waals surface area contributed by atoms with Crippen molar-refractivity contribution in [3.63, 3.8) is 0 Å². The number of quaternary nitrogens is 8. The second-order valence-electron chi connectivity index (χ2n) is 36.4. The number of carbonyl (C=O) groups is 8. The summed E-state index contributed by atoms with van der Waals surface area (Å²) in [4.78, 5) is 90.1. The number of benzene rings is 2. The lowest BCUT2D eigenvalue weighted by Gasteiger charge is -2.37. The van der Waals surface area contributed by atoms with Crippen LogP contribution in [0.1, 0.15) is 242 Å². The van der Waals surface area contributed by atoms with Crippen LogP contribution in [0.5, 0.6) is 0 Å². The summed E-state index contributed by atoms with van der Waals surface area (Å²) < 4.78 is 49.1. The molecule has 0 N–H and O–H groups in total. The Morgan fingerprint density at radius 3 is 0.612 bits per heavy atom. The Hall–Kier alpha value is -8.20. The van der Waals surface area contributed by atoms with Crippen LogP contribution >= 0.6 is 0 Å². The average molecular weight is 1890 g/mol. The Labute approximate surface area is 820 Å². The molecule has 24 heteroatoms. The maximum Gasteiger partial charge on any atom is 0.333 e. The van der Waals surface area contributed by atoms with Gasteiger partial charge in [-0.15, -0.1) is 0 Å². The Morgan fingerprint density at radius 2 is 0.433 bits per heavy atom. The molecule has 0 amide bonds. The molecule has 2 atom stereocenters. The molecule has 2 rings (SSSR count). The molecule has 0 radical (unpaired) electrons. The maximum atomic E-state index is 11.7. The molecular weight excluding hydrogens is 1690 g/mol. The minimum absolute atomic E-state index is 0.223. The first-order valence-corrected chi connectivity index (χ1v) is 50.9. The topological polar surface area (TPSA) is 210 Å². The molecule has 0 spiro atoms. The van der Waals surface area contributed by atoms with E-state index in [1.165, 1.54) is 140 Å². The SMILES string of the molecule is C/C=C/C(=O)OCC[N+](C)(C)C.C/C=C/C(=O)OCC[N+](CC)(CC)CC.C/C=C/C(=O)OCC[N+](CC)(CCC)CCC.C/C=C/C(=O)OCC[N+](CC)(CCC)CCCC.C=C(C)C(=O)OCC[N+](CC)(CCC)CCC.C=C(C)C(=O)OCC[N+](CC)(CCC)CCCC.CC[N+](CC)(CC)CCOC(=O)/C=C/c1ccccc1.C[N+](C)(C)CCOC(=O)/C=C/c1ccccc1. The van der Waals surface area contributed by atoms with Gasteiger partial charge in [0, 0.05) is 47.6 Å². The lowest BCUT2D eigenvalue weighted by atomic mass is 10.2. The lowest BCUT2D eigenvalue weighted by Crippen LogP contribution is -2.51. The third-order valence-electron chi connectivity index (χ3n) is 24.0. The molecule has 2 aromatic carbocycles. The van der Waals surface area contributed by atoms with Gasteiger partial charge in [0.15, 0.2) is 0 Å². The van der Waals surface area contributed by atoms with E-state index in [0.717, 1.165) is 178 Å². The zero-order valence-electron chi connectivity index (χ0n) is 91.3. The first-order valence-electron chi connectivity index (χ1n) is 50.9. The Kier molecular flexibility index (Phi) is 86.8. The number of allylic oxidation sites excluding steroid dienone is 4. The Bertz CT molecular complexity index is 3490. The van der Waals surface area contributed by atoms with Crippen LogP contribution in [0.4, 0.5) is 0 Å². The van der Waals surface area contributed by atoms with E-state index < -0.39 is 0 Å². The molecule has 772 valence electrons. The van der Waals surface area contributed by atoms with Crippen LogP contribution in [0.3, 0.4) is 0 Å². The molecule has 134 heavy (non-hydrogen) atoms. The van der Waals surface area contributed by atoms with E-state index in [9.17, 15) is 38.4 Å². The molecule has 2 aromatic rings. The maximum absolute atomic E-state index is 11.7. The van der Waals surface area contributed by atoms with Gasteiger partial charge < -0.3 is 73.8 Å². The number of likely N-dealkylation sites (N-methyl/N-ethyl adjacent to an activating group) is 8. The fourth-order valence-corrected chi connectivity index (χ4v) is 14.8. The highest BCUT2D eigenvalue weighted by Crippen LogP contribution is 2.17. The van der Waals surface area contributed by atoms with Crippen LogP contribution in [0.15, 0.2) is 146 Å². The van der Waals surface area contributed by atoms with Crippen LogP contribution in [-0.4, -0.2) is 349 Å². The molecule has 2 unspecified atom stereocenters.